The summed E-state index contributed by atoms with van der Waals surface area (Å²) in [5, 5.41) is 17.1. The number of carboxylic acids is 2. The average Bonchev–Trinajstić information content (AvgIpc) is 2.57. The molecule has 164 valence electrons. The lowest BCUT2D eigenvalue weighted by Gasteiger charge is -2.13. The third-order valence-electron chi connectivity index (χ3n) is 3.21. The van der Waals surface area contributed by atoms with Crippen molar-refractivity contribution in [2.24, 2.45) is 0 Å². The van der Waals surface area contributed by atoms with Gasteiger partial charge in [0.15, 0.2) is 19.6 Å². The summed E-state index contributed by atoms with van der Waals surface area (Å²) < 4.78 is 74.4. The fourth-order valence-corrected chi connectivity index (χ4v) is 3.18. The Morgan fingerprint density at radius 3 is 1.77 bits per heavy atom. The SMILES string of the molecule is O=C(O)c1c(C(F)(F)F)cc(F)c(F)c1F.O=C(O)c1ccc(C(Br)(Br)Br)cc1Br. The van der Waals surface area contributed by atoms with Crippen LogP contribution < -0.4 is 0 Å². The Morgan fingerprint density at radius 2 is 1.40 bits per heavy atom. The lowest BCUT2D eigenvalue weighted by molar-refractivity contribution is -0.138. The van der Waals surface area contributed by atoms with Crippen molar-refractivity contribution >= 4 is 75.7 Å². The zero-order valence-corrected chi connectivity index (χ0v) is 20.1. The molecule has 0 aliphatic rings. The minimum atomic E-state index is -5.29. The molecule has 0 fully saturated rings. The summed E-state index contributed by atoms with van der Waals surface area (Å²) in [5.41, 5.74) is -2.90. The van der Waals surface area contributed by atoms with Crippen LogP contribution >= 0.6 is 63.7 Å². The van der Waals surface area contributed by atoms with E-state index in [-0.39, 0.29) is 5.56 Å². The molecule has 0 unspecified atom stereocenters. The molecular formula is C16H6Br4F6O4. The molecule has 2 rings (SSSR count). The van der Waals surface area contributed by atoms with Gasteiger partial charge in [-0.05, 0) is 39.7 Å². The van der Waals surface area contributed by atoms with Gasteiger partial charge >= 0.3 is 18.1 Å². The molecule has 2 aromatic carbocycles. The van der Waals surface area contributed by atoms with E-state index < -0.39 is 54.9 Å². The largest absolute Gasteiger partial charge is 0.478 e. The van der Waals surface area contributed by atoms with Crippen LogP contribution in [0.5, 0.6) is 0 Å². The number of rotatable bonds is 2. The van der Waals surface area contributed by atoms with Gasteiger partial charge < -0.3 is 10.2 Å². The van der Waals surface area contributed by atoms with Crippen molar-refractivity contribution in [3.8, 4) is 0 Å². The van der Waals surface area contributed by atoms with Gasteiger partial charge in [-0.3, -0.25) is 0 Å². The number of carbonyl (C=O) groups is 2. The van der Waals surface area contributed by atoms with E-state index in [0.717, 1.165) is 5.56 Å². The molecule has 2 N–H and O–H groups in total. The average molecular weight is 696 g/mol. The second-order valence-corrected chi connectivity index (χ2v) is 12.8. The van der Waals surface area contributed by atoms with Crippen molar-refractivity contribution in [3.63, 3.8) is 0 Å². The summed E-state index contributed by atoms with van der Waals surface area (Å²) in [5.74, 6) is -10.0. The van der Waals surface area contributed by atoms with Crippen LogP contribution in [0, 0.1) is 17.5 Å². The van der Waals surface area contributed by atoms with Crippen LogP contribution in [0.25, 0.3) is 0 Å². The minimum Gasteiger partial charge on any atom is -0.478 e. The first-order valence-electron chi connectivity index (χ1n) is 7.06. The van der Waals surface area contributed by atoms with Crippen molar-refractivity contribution in [3.05, 3.63) is 68.4 Å². The maximum atomic E-state index is 12.8. The second kappa shape index (κ2) is 10.0. The number of halogens is 10. The Kier molecular flexibility index (Phi) is 8.97. The van der Waals surface area contributed by atoms with Crippen LogP contribution in [0.2, 0.25) is 0 Å². The van der Waals surface area contributed by atoms with Crippen molar-refractivity contribution in [2.75, 3.05) is 0 Å². The van der Waals surface area contributed by atoms with E-state index in [1.807, 2.05) is 0 Å². The molecule has 4 nitrogen and oxygen atoms in total. The van der Waals surface area contributed by atoms with Gasteiger partial charge in [0, 0.05) is 4.47 Å². The predicted molar refractivity (Wildman–Crippen MR) is 108 cm³/mol. The van der Waals surface area contributed by atoms with Crippen molar-refractivity contribution in [1.82, 2.24) is 0 Å². The molecule has 0 aromatic heterocycles. The summed E-state index contributed by atoms with van der Waals surface area (Å²) in [4.78, 5) is 21.0. The monoisotopic (exact) mass is 692 g/mol. The van der Waals surface area contributed by atoms with E-state index in [4.69, 9.17) is 10.2 Å². The molecule has 0 spiro atoms. The standard InChI is InChI=1S/C8H4Br4O2.C8H2F6O2/c9-6-3-4(8(10,11)12)1-2-5(6)7(13)14;9-3-1-2(8(12,13)14)4(7(15)16)6(11)5(3)10/h1-3H,(H,13,14);1H,(H,15,16). The molecule has 0 bridgehead atoms. The van der Waals surface area contributed by atoms with E-state index in [0.29, 0.717) is 4.47 Å². The van der Waals surface area contributed by atoms with Gasteiger partial charge in [0.1, 0.15) is 5.56 Å². The van der Waals surface area contributed by atoms with Crippen molar-refractivity contribution < 1.29 is 46.1 Å². The third-order valence-corrected chi connectivity index (χ3v) is 5.24. The van der Waals surface area contributed by atoms with Crippen molar-refractivity contribution in [2.45, 2.75) is 8.32 Å². The maximum Gasteiger partial charge on any atom is 0.417 e. The molecule has 0 aliphatic heterocycles. The number of benzene rings is 2. The minimum absolute atomic E-state index is 0.241. The number of aromatic carboxylic acids is 2. The molecule has 0 saturated carbocycles. The molecule has 30 heavy (non-hydrogen) atoms. The van der Waals surface area contributed by atoms with Crippen LogP contribution in [0.4, 0.5) is 26.3 Å². The lowest BCUT2D eigenvalue weighted by Crippen LogP contribution is -2.17. The zero-order valence-electron chi connectivity index (χ0n) is 13.8. The lowest BCUT2D eigenvalue weighted by atomic mass is 10.1. The number of alkyl halides is 6. The Morgan fingerprint density at radius 1 is 0.867 bits per heavy atom. The van der Waals surface area contributed by atoms with Gasteiger partial charge in [-0.15, -0.1) is 0 Å². The maximum absolute atomic E-state index is 12.8. The number of hydrogen-bond donors (Lipinski definition) is 2. The summed E-state index contributed by atoms with van der Waals surface area (Å²) in [6.45, 7) is 0. The van der Waals surface area contributed by atoms with Gasteiger partial charge in [-0.25, -0.2) is 22.8 Å². The summed E-state index contributed by atoms with van der Waals surface area (Å²) in [6, 6.07) is 4.58. The van der Waals surface area contributed by atoms with Gasteiger partial charge in [0.25, 0.3) is 0 Å². The number of hydrogen-bond acceptors (Lipinski definition) is 2. The molecule has 0 radical (unpaired) electrons. The number of carboxylic acid groups (broad SMARTS) is 2. The molecule has 0 atom stereocenters. The first-order valence-corrected chi connectivity index (χ1v) is 10.2. The molecule has 2 aromatic rings. The summed E-state index contributed by atoms with van der Waals surface area (Å²) in [6.07, 6.45) is -5.29. The Hall–Kier alpha value is -1.12. The molecule has 0 aliphatic carbocycles. The molecular weight excluding hydrogens is 690 g/mol. The molecule has 0 saturated heterocycles. The van der Waals surface area contributed by atoms with E-state index in [9.17, 15) is 35.9 Å². The highest BCUT2D eigenvalue weighted by molar-refractivity contribution is 9.38. The first kappa shape index (κ1) is 26.9. The van der Waals surface area contributed by atoms with Gasteiger partial charge in [-0.2, -0.15) is 13.2 Å². The summed E-state index contributed by atoms with van der Waals surface area (Å²) in [7, 11) is 0. The topological polar surface area (TPSA) is 74.6 Å². The normalized spacial score (nSPS) is 11.5. The zero-order chi connectivity index (χ0) is 23.6. The van der Waals surface area contributed by atoms with Crippen LogP contribution in [0.15, 0.2) is 28.7 Å². The third kappa shape index (κ3) is 6.69. The first-order chi connectivity index (χ1) is 13.5. The highest BCUT2D eigenvalue weighted by atomic mass is 80.0. The fourth-order valence-electron chi connectivity index (χ4n) is 1.89. The smallest absolute Gasteiger partial charge is 0.417 e. The van der Waals surface area contributed by atoms with E-state index >= 15 is 0 Å². The van der Waals surface area contributed by atoms with Crippen molar-refractivity contribution in [1.29, 1.82) is 0 Å². The van der Waals surface area contributed by atoms with Crippen LogP contribution in [0.1, 0.15) is 31.8 Å². The van der Waals surface area contributed by atoms with Crippen LogP contribution in [0.3, 0.4) is 0 Å². The van der Waals surface area contributed by atoms with Gasteiger partial charge in [-0.1, -0.05) is 53.9 Å². The quantitative estimate of drug-likeness (QED) is 0.197. The molecule has 0 amide bonds. The molecule has 14 heteroatoms. The fraction of sp³-hybridized carbons (Fsp3) is 0.125. The van der Waals surface area contributed by atoms with E-state index in [1.54, 1.807) is 18.2 Å². The van der Waals surface area contributed by atoms with Gasteiger partial charge in [0.05, 0.1) is 11.1 Å². The van der Waals surface area contributed by atoms with Crippen LogP contribution in [-0.2, 0) is 8.32 Å². The van der Waals surface area contributed by atoms with Gasteiger partial charge in [0.2, 0.25) is 0 Å². The summed E-state index contributed by atoms with van der Waals surface area (Å²) >= 11 is 13.2. The molecule has 0 heterocycles. The highest BCUT2D eigenvalue weighted by Crippen LogP contribution is 2.45. The Bertz CT molecular complexity index is 989. The van der Waals surface area contributed by atoms with E-state index in [1.165, 1.54) is 0 Å². The predicted octanol–water partition coefficient (Wildman–Crippen LogP) is 7.26. The highest BCUT2D eigenvalue weighted by Gasteiger charge is 2.39. The van der Waals surface area contributed by atoms with Crippen LogP contribution in [-0.4, -0.2) is 22.2 Å². The Balaban J connectivity index is 0.000000303. The van der Waals surface area contributed by atoms with E-state index in [2.05, 4.69) is 63.7 Å². The second-order valence-electron chi connectivity index (χ2n) is 5.21. The Labute approximate surface area is 197 Å².